The lowest BCUT2D eigenvalue weighted by Crippen LogP contribution is -2.16. The van der Waals surface area contributed by atoms with Gasteiger partial charge >= 0.3 is 0 Å². The van der Waals surface area contributed by atoms with Gasteiger partial charge in [-0.05, 0) is 50.0 Å². The molecule has 0 aromatic heterocycles. The Morgan fingerprint density at radius 1 is 0.448 bits per heavy atom. The van der Waals surface area contributed by atoms with Crippen molar-refractivity contribution in [2.24, 2.45) is 0 Å². The normalized spacial score (nSPS) is 13.0. The van der Waals surface area contributed by atoms with Gasteiger partial charge in [-0.3, -0.25) is 0 Å². The predicted octanol–water partition coefficient (Wildman–Crippen LogP) is 8.70. The minimum atomic E-state index is -0.125. The average molecular weight is 399 g/mol. The van der Waals surface area contributed by atoms with Crippen LogP contribution >= 0.6 is 0 Å². The van der Waals surface area contributed by atoms with E-state index >= 15 is 0 Å². The fraction of sp³-hybridized carbons (Fsp3) is 0.571. The second-order valence-electron chi connectivity index (χ2n) is 12.3. The van der Waals surface area contributed by atoms with Crippen LogP contribution in [-0.4, -0.2) is 0 Å². The van der Waals surface area contributed by atoms with Crippen LogP contribution in [0.15, 0.2) is 42.5 Å². The van der Waals surface area contributed by atoms with Gasteiger partial charge in [-0.25, -0.2) is 4.39 Å². The Bertz CT molecular complexity index is 750. The molecule has 0 N–H and O–H groups in total. The van der Waals surface area contributed by atoms with Gasteiger partial charge in [0.25, 0.3) is 0 Å². The maximum Gasteiger partial charge on any atom is 0.127 e. The number of hydrogen-bond donors (Lipinski definition) is 0. The molecule has 0 nitrogen and oxygen atoms in total. The van der Waals surface area contributed by atoms with Crippen LogP contribution in [0.25, 0.3) is 0 Å². The first-order chi connectivity index (χ1) is 12.8. The Morgan fingerprint density at radius 3 is 1.00 bits per heavy atom. The molecule has 0 aliphatic rings. The molecule has 0 spiro atoms. The van der Waals surface area contributed by atoms with Crippen molar-refractivity contribution in [1.82, 2.24) is 0 Å². The van der Waals surface area contributed by atoms with Crippen molar-refractivity contribution in [1.29, 1.82) is 0 Å². The lowest BCUT2D eigenvalue weighted by molar-refractivity contribution is 0.513. The summed E-state index contributed by atoms with van der Waals surface area (Å²) >= 11 is 0. The van der Waals surface area contributed by atoms with Crippen molar-refractivity contribution >= 4 is 0 Å². The van der Waals surface area contributed by atoms with E-state index in [4.69, 9.17) is 0 Å². The minimum absolute atomic E-state index is 0.0112. The van der Waals surface area contributed by atoms with E-state index in [-0.39, 0.29) is 27.5 Å². The fourth-order valence-electron chi connectivity index (χ4n) is 3.06. The van der Waals surface area contributed by atoms with Crippen LogP contribution in [0.5, 0.6) is 0 Å². The largest absolute Gasteiger partial charge is 0.207 e. The van der Waals surface area contributed by atoms with E-state index in [0.29, 0.717) is 0 Å². The van der Waals surface area contributed by atoms with E-state index in [0.717, 1.165) is 11.1 Å². The first-order valence-corrected chi connectivity index (χ1v) is 10.7. The molecular formula is C28H43F. The Kier molecular flexibility index (Phi) is 7.55. The Balaban J connectivity index is 0.000000291. The molecule has 0 aliphatic carbocycles. The zero-order valence-corrected chi connectivity index (χ0v) is 20.9. The summed E-state index contributed by atoms with van der Waals surface area (Å²) < 4.78 is 13.9. The van der Waals surface area contributed by atoms with Gasteiger partial charge in [0.2, 0.25) is 0 Å². The summed E-state index contributed by atoms with van der Waals surface area (Å²) in [5, 5.41) is 0. The molecular weight excluding hydrogens is 355 g/mol. The highest BCUT2D eigenvalue weighted by Crippen LogP contribution is 2.30. The monoisotopic (exact) mass is 398 g/mol. The van der Waals surface area contributed by atoms with Crippen molar-refractivity contribution in [2.45, 2.75) is 105 Å². The third-order valence-corrected chi connectivity index (χ3v) is 5.26. The van der Waals surface area contributed by atoms with Gasteiger partial charge in [0.15, 0.2) is 0 Å². The van der Waals surface area contributed by atoms with Gasteiger partial charge in [0.05, 0.1) is 0 Å². The van der Waals surface area contributed by atoms with E-state index in [9.17, 15) is 4.39 Å². The van der Waals surface area contributed by atoms with E-state index in [1.165, 1.54) is 11.1 Å². The van der Waals surface area contributed by atoms with Gasteiger partial charge in [-0.1, -0.05) is 119 Å². The molecule has 0 fully saturated rings. The third-order valence-electron chi connectivity index (χ3n) is 5.26. The van der Waals surface area contributed by atoms with Gasteiger partial charge in [0.1, 0.15) is 5.82 Å². The molecule has 0 atom stereocenters. The SMILES string of the molecule is CC(C)(C)c1ccc(C(C)(C)C)c(F)c1.CC(C)(C)c1ccc(C(C)(C)C)cc1. The Morgan fingerprint density at radius 2 is 0.759 bits per heavy atom. The van der Waals surface area contributed by atoms with Crippen LogP contribution in [-0.2, 0) is 21.7 Å². The van der Waals surface area contributed by atoms with E-state index in [1.807, 2.05) is 32.9 Å². The zero-order valence-electron chi connectivity index (χ0n) is 20.9. The topological polar surface area (TPSA) is 0 Å². The molecule has 0 amide bonds. The molecule has 0 unspecified atom stereocenters. The second kappa shape index (κ2) is 8.62. The van der Waals surface area contributed by atoms with Crippen LogP contribution in [0, 0.1) is 5.82 Å². The highest BCUT2D eigenvalue weighted by atomic mass is 19.1. The quantitative estimate of drug-likeness (QED) is 0.416. The maximum absolute atomic E-state index is 13.9. The van der Waals surface area contributed by atoms with E-state index < -0.39 is 0 Å². The highest BCUT2D eigenvalue weighted by molar-refractivity contribution is 5.33. The number of rotatable bonds is 0. The number of halogens is 1. The van der Waals surface area contributed by atoms with Gasteiger partial charge in [-0.15, -0.1) is 0 Å². The van der Waals surface area contributed by atoms with Crippen molar-refractivity contribution in [2.75, 3.05) is 0 Å². The number of hydrogen-bond acceptors (Lipinski definition) is 0. The molecule has 1 heteroatoms. The lowest BCUT2D eigenvalue weighted by Gasteiger charge is -2.24. The molecule has 2 rings (SSSR count). The molecule has 29 heavy (non-hydrogen) atoms. The summed E-state index contributed by atoms with van der Waals surface area (Å²) in [5.74, 6) is -0.0880. The van der Waals surface area contributed by atoms with Crippen LogP contribution in [0.2, 0.25) is 0 Å². The van der Waals surface area contributed by atoms with E-state index in [1.54, 1.807) is 6.07 Å². The predicted molar refractivity (Wildman–Crippen MR) is 128 cm³/mol. The maximum atomic E-state index is 13.9. The van der Waals surface area contributed by atoms with Crippen molar-refractivity contribution in [3.8, 4) is 0 Å². The number of benzene rings is 2. The fourth-order valence-corrected chi connectivity index (χ4v) is 3.06. The van der Waals surface area contributed by atoms with Crippen molar-refractivity contribution in [3.63, 3.8) is 0 Å². The molecule has 0 aliphatic heterocycles. The van der Waals surface area contributed by atoms with E-state index in [2.05, 4.69) is 86.6 Å². The molecule has 2 aromatic rings. The van der Waals surface area contributed by atoms with Gasteiger partial charge < -0.3 is 0 Å². The van der Waals surface area contributed by atoms with Crippen LogP contribution in [0.3, 0.4) is 0 Å². The van der Waals surface area contributed by atoms with Crippen LogP contribution in [0.4, 0.5) is 4.39 Å². The van der Waals surface area contributed by atoms with Gasteiger partial charge in [0, 0.05) is 0 Å². The molecule has 0 bridgehead atoms. The van der Waals surface area contributed by atoms with Crippen molar-refractivity contribution in [3.05, 3.63) is 70.5 Å². The summed E-state index contributed by atoms with van der Waals surface area (Å²) in [6.07, 6.45) is 0. The molecule has 2 aromatic carbocycles. The summed E-state index contributed by atoms with van der Waals surface area (Å²) in [7, 11) is 0. The van der Waals surface area contributed by atoms with Crippen LogP contribution in [0.1, 0.15) is 105 Å². The lowest BCUT2D eigenvalue weighted by atomic mass is 9.82. The zero-order chi connectivity index (χ0) is 22.8. The van der Waals surface area contributed by atoms with Crippen molar-refractivity contribution < 1.29 is 4.39 Å². The van der Waals surface area contributed by atoms with Gasteiger partial charge in [-0.2, -0.15) is 0 Å². The molecule has 0 radical (unpaired) electrons. The molecule has 162 valence electrons. The molecule has 0 saturated carbocycles. The highest BCUT2D eigenvalue weighted by Gasteiger charge is 2.21. The smallest absolute Gasteiger partial charge is 0.127 e. The molecule has 0 saturated heterocycles. The van der Waals surface area contributed by atoms with Crippen LogP contribution < -0.4 is 0 Å². The standard InChI is InChI=1S/C14H21F.C14H22/c1-13(2,3)10-7-8-11(12(15)9-10)14(4,5)6;1-13(2,3)11-7-9-12(10-8-11)14(4,5)6/h7-9H,1-6H3;7-10H,1-6H3. The minimum Gasteiger partial charge on any atom is -0.207 e. The molecule has 0 heterocycles. The Labute approximate surface area is 179 Å². The Hall–Kier alpha value is -1.63. The first kappa shape index (κ1) is 25.4. The average Bonchev–Trinajstić information content (AvgIpc) is 2.52. The second-order valence-corrected chi connectivity index (χ2v) is 12.3. The first-order valence-electron chi connectivity index (χ1n) is 10.7. The summed E-state index contributed by atoms with van der Waals surface area (Å²) in [6.45, 7) is 25.9. The third kappa shape index (κ3) is 7.61. The summed E-state index contributed by atoms with van der Waals surface area (Å²) in [5.41, 5.74) is 5.06. The summed E-state index contributed by atoms with van der Waals surface area (Å²) in [4.78, 5) is 0. The summed E-state index contributed by atoms with van der Waals surface area (Å²) in [6, 6.07) is 14.6.